The summed E-state index contributed by atoms with van der Waals surface area (Å²) >= 11 is 1.60. The highest BCUT2D eigenvalue weighted by atomic mass is 32.1. The van der Waals surface area contributed by atoms with E-state index >= 15 is 0 Å². The van der Waals surface area contributed by atoms with Crippen molar-refractivity contribution >= 4 is 28.7 Å². The summed E-state index contributed by atoms with van der Waals surface area (Å²) in [6.07, 6.45) is 0. The normalized spacial score (nSPS) is 10.3. The minimum atomic E-state index is -0.347. The molecule has 0 bridgehead atoms. The smallest absolute Gasteiger partial charge is 0.338 e. The lowest BCUT2D eigenvalue weighted by atomic mass is 10.1. The molecule has 2 rings (SSSR count). The molecule has 0 atom stereocenters. The predicted octanol–water partition coefficient (Wildman–Crippen LogP) is 2.82. The first kappa shape index (κ1) is 14.3. The number of ether oxygens (including phenoxy) is 1. The Morgan fingerprint density at radius 3 is 2.95 bits per heavy atom. The molecule has 0 unspecified atom stereocenters. The highest BCUT2D eigenvalue weighted by Crippen LogP contribution is 2.21. The van der Waals surface area contributed by atoms with E-state index in [1.165, 1.54) is 0 Å². The van der Waals surface area contributed by atoms with E-state index in [4.69, 9.17) is 10.5 Å². The standard InChI is InChI=1S/C14H17N3O2S/c1-3-19-14(18)10-4-5-12(15)13(6-10)16-7-11-8-20-9(2)17-11/h4-6,8,16H,3,7,15H2,1-2H3. The number of aryl methyl sites for hydroxylation is 1. The van der Waals surface area contributed by atoms with E-state index in [-0.39, 0.29) is 5.97 Å². The number of nitrogens with two attached hydrogens (primary N) is 1. The third-order valence-corrected chi connectivity index (χ3v) is 3.51. The number of carbonyl (C=O) groups is 1. The van der Waals surface area contributed by atoms with Gasteiger partial charge in [0.25, 0.3) is 0 Å². The van der Waals surface area contributed by atoms with Gasteiger partial charge < -0.3 is 15.8 Å². The van der Waals surface area contributed by atoms with E-state index in [1.54, 1.807) is 36.5 Å². The number of benzene rings is 1. The summed E-state index contributed by atoms with van der Waals surface area (Å²) in [5, 5.41) is 6.21. The number of rotatable bonds is 5. The van der Waals surface area contributed by atoms with Gasteiger partial charge >= 0.3 is 5.97 Å². The lowest BCUT2D eigenvalue weighted by Crippen LogP contribution is -2.08. The monoisotopic (exact) mass is 291 g/mol. The zero-order valence-corrected chi connectivity index (χ0v) is 12.3. The molecule has 1 heterocycles. The van der Waals surface area contributed by atoms with E-state index in [1.807, 2.05) is 12.3 Å². The van der Waals surface area contributed by atoms with Gasteiger partial charge in [0.2, 0.25) is 0 Å². The van der Waals surface area contributed by atoms with Crippen molar-refractivity contribution < 1.29 is 9.53 Å². The molecule has 0 saturated heterocycles. The highest BCUT2D eigenvalue weighted by Gasteiger charge is 2.09. The first-order chi connectivity index (χ1) is 9.60. The van der Waals surface area contributed by atoms with Crippen LogP contribution in [0.25, 0.3) is 0 Å². The van der Waals surface area contributed by atoms with Gasteiger partial charge in [0.05, 0.1) is 40.8 Å². The van der Waals surface area contributed by atoms with E-state index in [9.17, 15) is 4.79 Å². The number of hydrogen-bond donors (Lipinski definition) is 2. The van der Waals surface area contributed by atoms with Crippen LogP contribution in [0.5, 0.6) is 0 Å². The Labute approximate surface area is 121 Å². The van der Waals surface area contributed by atoms with Crippen molar-refractivity contribution in [3.63, 3.8) is 0 Å². The lowest BCUT2D eigenvalue weighted by Gasteiger charge is -2.10. The molecule has 0 aliphatic carbocycles. The van der Waals surface area contributed by atoms with Crippen molar-refractivity contribution in [3.05, 3.63) is 39.8 Å². The second kappa shape index (κ2) is 6.38. The number of carbonyl (C=O) groups excluding carboxylic acids is 1. The quantitative estimate of drug-likeness (QED) is 0.654. The van der Waals surface area contributed by atoms with Crippen LogP contribution in [-0.2, 0) is 11.3 Å². The molecule has 6 heteroatoms. The molecule has 1 aromatic carbocycles. The number of anilines is 2. The van der Waals surface area contributed by atoms with Crippen LogP contribution in [0.3, 0.4) is 0 Å². The van der Waals surface area contributed by atoms with Gasteiger partial charge in [-0.05, 0) is 32.0 Å². The molecular formula is C14H17N3O2S. The van der Waals surface area contributed by atoms with Gasteiger partial charge in [0, 0.05) is 5.38 Å². The van der Waals surface area contributed by atoms with Gasteiger partial charge in [-0.15, -0.1) is 11.3 Å². The fourth-order valence-electron chi connectivity index (χ4n) is 1.73. The van der Waals surface area contributed by atoms with Gasteiger partial charge in [0.15, 0.2) is 0 Å². The number of nitrogens with zero attached hydrogens (tertiary/aromatic N) is 1. The van der Waals surface area contributed by atoms with Gasteiger partial charge in [0.1, 0.15) is 0 Å². The van der Waals surface area contributed by atoms with Crippen molar-refractivity contribution in [1.29, 1.82) is 0 Å². The largest absolute Gasteiger partial charge is 0.462 e. The molecule has 3 N–H and O–H groups in total. The Morgan fingerprint density at radius 1 is 1.50 bits per heavy atom. The van der Waals surface area contributed by atoms with Crippen LogP contribution in [0.4, 0.5) is 11.4 Å². The molecule has 0 aliphatic heterocycles. The van der Waals surface area contributed by atoms with Crippen molar-refractivity contribution in [2.75, 3.05) is 17.7 Å². The van der Waals surface area contributed by atoms with Crippen LogP contribution in [-0.4, -0.2) is 17.6 Å². The number of hydrogen-bond acceptors (Lipinski definition) is 6. The molecule has 0 aliphatic rings. The van der Waals surface area contributed by atoms with Crippen molar-refractivity contribution in [2.24, 2.45) is 0 Å². The van der Waals surface area contributed by atoms with Crippen LogP contribution in [0.1, 0.15) is 28.0 Å². The van der Waals surface area contributed by atoms with Crippen LogP contribution in [0.2, 0.25) is 0 Å². The van der Waals surface area contributed by atoms with Crippen LogP contribution in [0, 0.1) is 6.92 Å². The molecule has 0 radical (unpaired) electrons. The van der Waals surface area contributed by atoms with Gasteiger partial charge in [-0.25, -0.2) is 9.78 Å². The number of nitrogen functional groups attached to an aromatic ring is 1. The summed E-state index contributed by atoms with van der Waals surface area (Å²) in [6.45, 7) is 4.66. The zero-order valence-electron chi connectivity index (χ0n) is 11.5. The minimum absolute atomic E-state index is 0.347. The van der Waals surface area contributed by atoms with Crippen LogP contribution < -0.4 is 11.1 Å². The number of aromatic nitrogens is 1. The molecule has 1 aromatic heterocycles. The average molecular weight is 291 g/mol. The van der Waals surface area contributed by atoms with Gasteiger partial charge in [-0.3, -0.25) is 0 Å². The van der Waals surface area contributed by atoms with E-state index < -0.39 is 0 Å². The maximum atomic E-state index is 11.7. The molecule has 5 nitrogen and oxygen atoms in total. The molecule has 0 spiro atoms. The second-order valence-corrected chi connectivity index (χ2v) is 5.30. The van der Waals surface area contributed by atoms with Crippen LogP contribution in [0.15, 0.2) is 23.6 Å². The summed E-state index contributed by atoms with van der Waals surface area (Å²) < 4.78 is 4.97. The molecule has 2 aromatic rings. The highest BCUT2D eigenvalue weighted by molar-refractivity contribution is 7.09. The van der Waals surface area contributed by atoms with Crippen molar-refractivity contribution in [3.8, 4) is 0 Å². The Kier molecular flexibility index (Phi) is 4.57. The minimum Gasteiger partial charge on any atom is -0.462 e. The van der Waals surface area contributed by atoms with Crippen molar-refractivity contribution in [1.82, 2.24) is 4.98 Å². The maximum Gasteiger partial charge on any atom is 0.338 e. The van der Waals surface area contributed by atoms with Crippen LogP contribution >= 0.6 is 11.3 Å². The summed E-state index contributed by atoms with van der Waals surface area (Å²) in [6, 6.07) is 5.05. The van der Waals surface area contributed by atoms with E-state index in [0.717, 1.165) is 10.7 Å². The maximum absolute atomic E-state index is 11.7. The Bertz CT molecular complexity index is 610. The van der Waals surface area contributed by atoms with Crippen molar-refractivity contribution in [2.45, 2.75) is 20.4 Å². The molecule has 0 fully saturated rings. The van der Waals surface area contributed by atoms with E-state index in [2.05, 4.69) is 10.3 Å². The Morgan fingerprint density at radius 2 is 2.30 bits per heavy atom. The molecular weight excluding hydrogens is 274 g/mol. The summed E-state index contributed by atoms with van der Waals surface area (Å²) in [5.74, 6) is -0.347. The van der Waals surface area contributed by atoms with Gasteiger partial charge in [-0.2, -0.15) is 0 Å². The molecule has 0 amide bonds. The Balaban J connectivity index is 2.10. The second-order valence-electron chi connectivity index (χ2n) is 4.23. The summed E-state index contributed by atoms with van der Waals surface area (Å²) in [4.78, 5) is 16.1. The average Bonchev–Trinajstić information content (AvgIpc) is 2.84. The first-order valence-corrected chi connectivity index (χ1v) is 7.19. The zero-order chi connectivity index (χ0) is 14.5. The predicted molar refractivity (Wildman–Crippen MR) is 81.0 cm³/mol. The third kappa shape index (κ3) is 3.48. The third-order valence-electron chi connectivity index (χ3n) is 2.69. The topological polar surface area (TPSA) is 77.2 Å². The molecule has 20 heavy (non-hydrogen) atoms. The lowest BCUT2D eigenvalue weighted by molar-refractivity contribution is 0.0526. The number of nitrogens with one attached hydrogen (secondary N) is 1. The Hall–Kier alpha value is -2.08. The van der Waals surface area contributed by atoms with E-state index in [0.29, 0.717) is 30.1 Å². The first-order valence-electron chi connectivity index (χ1n) is 6.31. The number of esters is 1. The molecule has 0 saturated carbocycles. The molecule has 106 valence electrons. The fourth-order valence-corrected chi connectivity index (χ4v) is 2.34. The summed E-state index contributed by atoms with van der Waals surface area (Å²) in [5.41, 5.74) is 8.63. The SMILES string of the molecule is CCOC(=O)c1ccc(N)c(NCc2csc(C)n2)c1. The summed E-state index contributed by atoms with van der Waals surface area (Å²) in [7, 11) is 0. The van der Waals surface area contributed by atoms with Gasteiger partial charge in [-0.1, -0.05) is 0 Å². The number of thiazole rings is 1. The fraction of sp³-hybridized carbons (Fsp3) is 0.286.